The van der Waals surface area contributed by atoms with Gasteiger partial charge in [-0.05, 0) is 12.2 Å². The van der Waals surface area contributed by atoms with Crippen molar-refractivity contribution < 1.29 is 24.6 Å². The van der Waals surface area contributed by atoms with Crippen molar-refractivity contribution in [2.75, 3.05) is 11.5 Å². The van der Waals surface area contributed by atoms with Gasteiger partial charge < -0.3 is 15.9 Å². The average Bonchev–Trinajstić information content (AvgIpc) is 2.11. The highest BCUT2D eigenvalue weighted by atomic mass is 32.2. The smallest absolute Gasteiger partial charge is 0.373 e. The van der Waals surface area contributed by atoms with E-state index in [1.807, 2.05) is 0 Å². The van der Waals surface area contributed by atoms with Gasteiger partial charge in [0.1, 0.15) is 6.04 Å². The number of hydrogen-bond acceptors (Lipinski definition) is 5. The largest absolute Gasteiger partial charge is 0.480 e. The van der Waals surface area contributed by atoms with Crippen LogP contribution in [0, 0.1) is 0 Å². The molecule has 14 heavy (non-hydrogen) atoms. The molecule has 0 amide bonds. The monoisotopic (exact) mass is 221 g/mol. The van der Waals surface area contributed by atoms with E-state index in [2.05, 4.69) is 0 Å². The Labute approximate surface area is 84.5 Å². The zero-order valence-electron chi connectivity index (χ0n) is 7.30. The Morgan fingerprint density at radius 3 is 2.29 bits per heavy atom. The van der Waals surface area contributed by atoms with E-state index in [4.69, 9.17) is 15.9 Å². The Hall–Kier alpha value is -1.08. The molecular weight excluding hydrogens is 210 g/mol. The van der Waals surface area contributed by atoms with Crippen molar-refractivity contribution in [1.29, 1.82) is 0 Å². The van der Waals surface area contributed by atoms with Gasteiger partial charge in [-0.1, -0.05) is 0 Å². The molecule has 0 spiro atoms. The Kier molecular flexibility index (Phi) is 5.89. The van der Waals surface area contributed by atoms with Gasteiger partial charge >= 0.3 is 11.9 Å². The van der Waals surface area contributed by atoms with Gasteiger partial charge in [-0.2, -0.15) is 11.8 Å². The lowest BCUT2D eigenvalue weighted by Gasteiger charge is -2.04. The molecule has 0 aliphatic rings. The van der Waals surface area contributed by atoms with E-state index >= 15 is 0 Å². The molecule has 4 N–H and O–H groups in total. The van der Waals surface area contributed by atoms with E-state index < -0.39 is 23.8 Å². The minimum Gasteiger partial charge on any atom is -0.480 e. The van der Waals surface area contributed by atoms with E-state index in [0.29, 0.717) is 5.75 Å². The zero-order valence-corrected chi connectivity index (χ0v) is 8.12. The summed E-state index contributed by atoms with van der Waals surface area (Å²) in [6, 6.07) is -0.956. The number of carbonyl (C=O) groups excluding carboxylic acids is 1. The normalized spacial score (nSPS) is 12.1. The van der Waals surface area contributed by atoms with Crippen LogP contribution < -0.4 is 5.73 Å². The SMILES string of the molecule is N[C@H](CCSCC(=O)C(=O)O)C(=O)O. The maximum atomic E-state index is 10.6. The predicted molar refractivity (Wildman–Crippen MR) is 50.2 cm³/mol. The van der Waals surface area contributed by atoms with Gasteiger partial charge in [0.25, 0.3) is 0 Å². The Morgan fingerprint density at radius 2 is 1.86 bits per heavy atom. The molecule has 0 radical (unpaired) electrons. The lowest BCUT2D eigenvalue weighted by molar-refractivity contribution is -0.147. The molecule has 0 bridgehead atoms. The van der Waals surface area contributed by atoms with Gasteiger partial charge in [0, 0.05) is 0 Å². The summed E-state index contributed by atoms with van der Waals surface area (Å²) in [5, 5.41) is 16.6. The molecule has 0 heterocycles. The first-order valence-electron chi connectivity index (χ1n) is 3.77. The van der Waals surface area contributed by atoms with Crippen LogP contribution in [0.25, 0.3) is 0 Å². The average molecular weight is 221 g/mol. The highest BCUT2D eigenvalue weighted by Crippen LogP contribution is 2.04. The predicted octanol–water partition coefficient (Wildman–Crippen LogP) is -0.825. The molecule has 0 aliphatic carbocycles. The van der Waals surface area contributed by atoms with E-state index in [9.17, 15) is 14.4 Å². The number of carboxylic acid groups (broad SMARTS) is 2. The Balaban J connectivity index is 3.52. The number of rotatable bonds is 7. The first-order chi connectivity index (χ1) is 6.45. The van der Waals surface area contributed by atoms with Gasteiger partial charge in [0.15, 0.2) is 0 Å². The van der Waals surface area contributed by atoms with Crippen LogP contribution in [0.4, 0.5) is 0 Å². The summed E-state index contributed by atoms with van der Waals surface area (Å²) >= 11 is 1.06. The Morgan fingerprint density at radius 1 is 1.29 bits per heavy atom. The van der Waals surface area contributed by atoms with Crippen molar-refractivity contribution in [3.8, 4) is 0 Å². The molecule has 0 unspecified atom stereocenters. The van der Waals surface area contributed by atoms with Gasteiger partial charge in [-0.3, -0.25) is 9.59 Å². The highest BCUT2D eigenvalue weighted by molar-refractivity contribution is 8.00. The molecule has 0 aromatic heterocycles. The number of carboxylic acids is 2. The molecule has 80 valence electrons. The maximum absolute atomic E-state index is 10.6. The van der Waals surface area contributed by atoms with Crippen LogP contribution in [0.3, 0.4) is 0 Å². The fraction of sp³-hybridized carbons (Fsp3) is 0.571. The second-order valence-electron chi connectivity index (χ2n) is 2.51. The molecule has 0 fully saturated rings. The molecule has 0 saturated carbocycles. The first-order valence-corrected chi connectivity index (χ1v) is 4.93. The third-order valence-corrected chi connectivity index (χ3v) is 2.35. The standard InChI is InChI=1S/C7H11NO5S/c8-4(6(10)11)1-2-14-3-5(9)7(12)13/h4H,1-3,8H2,(H,10,11)(H,12,13)/t4-/m1/s1. The van der Waals surface area contributed by atoms with Gasteiger partial charge in [-0.25, -0.2) is 4.79 Å². The number of hydrogen-bond donors (Lipinski definition) is 3. The van der Waals surface area contributed by atoms with Gasteiger partial charge in [0.2, 0.25) is 5.78 Å². The Bertz CT molecular complexity index is 242. The molecule has 0 aromatic rings. The summed E-state index contributed by atoms with van der Waals surface area (Å²) < 4.78 is 0. The van der Waals surface area contributed by atoms with Gasteiger partial charge in [-0.15, -0.1) is 0 Å². The summed E-state index contributed by atoms with van der Waals surface area (Å²) in [6.07, 6.45) is 0.215. The van der Waals surface area contributed by atoms with Crippen molar-refractivity contribution in [3.05, 3.63) is 0 Å². The lowest BCUT2D eigenvalue weighted by atomic mass is 10.2. The van der Waals surface area contributed by atoms with Crippen LogP contribution in [0.2, 0.25) is 0 Å². The molecular formula is C7H11NO5S. The molecule has 0 aromatic carbocycles. The zero-order chi connectivity index (χ0) is 11.1. The second-order valence-corrected chi connectivity index (χ2v) is 3.62. The van der Waals surface area contributed by atoms with E-state index in [0.717, 1.165) is 11.8 Å². The number of ketones is 1. The van der Waals surface area contributed by atoms with Crippen molar-refractivity contribution in [2.24, 2.45) is 5.73 Å². The van der Waals surface area contributed by atoms with Crippen molar-refractivity contribution in [1.82, 2.24) is 0 Å². The summed E-state index contributed by atoms with van der Waals surface area (Å²) in [6.45, 7) is 0. The topological polar surface area (TPSA) is 118 Å². The molecule has 0 saturated heterocycles. The molecule has 0 rings (SSSR count). The fourth-order valence-electron chi connectivity index (χ4n) is 0.560. The number of aliphatic carboxylic acids is 2. The summed E-state index contributed by atoms with van der Waals surface area (Å²) in [4.78, 5) is 30.8. The minimum atomic E-state index is -1.47. The third kappa shape index (κ3) is 5.55. The van der Waals surface area contributed by atoms with E-state index in [-0.39, 0.29) is 12.2 Å². The van der Waals surface area contributed by atoms with Crippen molar-refractivity contribution in [3.63, 3.8) is 0 Å². The van der Waals surface area contributed by atoms with Crippen LogP contribution in [0.15, 0.2) is 0 Å². The third-order valence-electron chi connectivity index (χ3n) is 1.36. The number of nitrogens with two attached hydrogens (primary N) is 1. The second kappa shape index (κ2) is 6.39. The van der Waals surface area contributed by atoms with Crippen LogP contribution in [-0.2, 0) is 14.4 Å². The van der Waals surface area contributed by atoms with Gasteiger partial charge in [0.05, 0.1) is 5.75 Å². The molecule has 7 heteroatoms. The maximum Gasteiger partial charge on any atom is 0.373 e. The van der Waals surface area contributed by atoms with Crippen LogP contribution in [0.1, 0.15) is 6.42 Å². The lowest BCUT2D eigenvalue weighted by Crippen LogP contribution is -2.30. The van der Waals surface area contributed by atoms with Crippen LogP contribution in [-0.4, -0.2) is 45.5 Å². The fourth-order valence-corrected chi connectivity index (χ4v) is 1.43. The van der Waals surface area contributed by atoms with Crippen LogP contribution >= 0.6 is 11.8 Å². The molecule has 6 nitrogen and oxygen atoms in total. The minimum absolute atomic E-state index is 0.151. The highest BCUT2D eigenvalue weighted by Gasteiger charge is 2.13. The van der Waals surface area contributed by atoms with Crippen molar-refractivity contribution in [2.45, 2.75) is 12.5 Å². The number of carbonyl (C=O) groups is 3. The summed E-state index contributed by atoms with van der Waals surface area (Å²) in [5.41, 5.74) is 5.18. The first kappa shape index (κ1) is 12.9. The van der Waals surface area contributed by atoms with Crippen molar-refractivity contribution >= 4 is 29.5 Å². The molecule has 0 aliphatic heterocycles. The molecule has 1 atom stereocenters. The van der Waals surface area contributed by atoms with E-state index in [1.165, 1.54) is 0 Å². The number of Topliss-reactive ketones (excluding diaryl/α,β-unsaturated/α-hetero) is 1. The summed E-state index contributed by atoms with van der Waals surface area (Å²) in [7, 11) is 0. The van der Waals surface area contributed by atoms with Crippen LogP contribution in [0.5, 0.6) is 0 Å². The van der Waals surface area contributed by atoms with E-state index in [1.54, 1.807) is 0 Å². The number of thioether (sulfide) groups is 1. The summed E-state index contributed by atoms with van der Waals surface area (Å²) in [5.74, 6) is -3.26. The quantitative estimate of drug-likeness (QED) is 0.379.